The number of piperazine rings is 1. The molecule has 5 heteroatoms. The topological polar surface area (TPSA) is 58.8 Å². The van der Waals surface area contributed by atoms with Gasteiger partial charge in [-0.05, 0) is 5.56 Å². The van der Waals surface area contributed by atoms with Crippen LogP contribution in [0.4, 0.5) is 0 Å². The summed E-state index contributed by atoms with van der Waals surface area (Å²) < 4.78 is 5.18. The maximum absolute atomic E-state index is 12.2. The number of rotatable bonds is 6. The Balaban J connectivity index is 1.76. The summed E-state index contributed by atoms with van der Waals surface area (Å²) in [5, 5.41) is 0. The maximum atomic E-state index is 12.2. The summed E-state index contributed by atoms with van der Waals surface area (Å²) in [5.74, 6) is 0.145. The van der Waals surface area contributed by atoms with Crippen LogP contribution in [0.5, 0.6) is 0 Å². The monoisotopic (exact) mass is 291 g/mol. The molecule has 0 aliphatic carbocycles. The molecule has 1 heterocycles. The van der Waals surface area contributed by atoms with E-state index >= 15 is 0 Å². The van der Waals surface area contributed by atoms with Crippen molar-refractivity contribution < 1.29 is 9.53 Å². The molecule has 0 spiro atoms. The number of hydrogen-bond acceptors (Lipinski definition) is 4. The number of amides is 1. The van der Waals surface area contributed by atoms with Crippen LogP contribution in [0.2, 0.25) is 0 Å². The van der Waals surface area contributed by atoms with Crippen molar-refractivity contribution in [3.8, 4) is 0 Å². The molecule has 0 saturated carbocycles. The third kappa shape index (κ3) is 4.81. The van der Waals surface area contributed by atoms with Crippen LogP contribution in [0.15, 0.2) is 30.3 Å². The molecule has 1 amide bonds. The van der Waals surface area contributed by atoms with E-state index in [2.05, 4.69) is 29.2 Å². The first-order valence-electron chi connectivity index (χ1n) is 7.50. The minimum Gasteiger partial charge on any atom is -0.380 e. The summed E-state index contributed by atoms with van der Waals surface area (Å²) in [4.78, 5) is 16.5. The quantitative estimate of drug-likeness (QED) is 0.838. The molecule has 0 radical (unpaired) electrons. The van der Waals surface area contributed by atoms with Crippen LogP contribution in [0.3, 0.4) is 0 Å². The summed E-state index contributed by atoms with van der Waals surface area (Å²) in [6.07, 6.45) is 0.214. The van der Waals surface area contributed by atoms with E-state index in [-0.39, 0.29) is 12.0 Å². The first-order valence-corrected chi connectivity index (χ1v) is 7.50. The zero-order valence-electron chi connectivity index (χ0n) is 12.7. The number of carbonyl (C=O) groups excluding carboxylic acids is 1. The molecule has 1 saturated heterocycles. The minimum absolute atomic E-state index is 0.145. The molecule has 1 unspecified atom stereocenters. The Kier molecular flexibility index (Phi) is 6.17. The van der Waals surface area contributed by atoms with Crippen molar-refractivity contribution in [3.05, 3.63) is 35.9 Å². The normalized spacial score (nSPS) is 17.7. The van der Waals surface area contributed by atoms with Gasteiger partial charge in [0.15, 0.2) is 0 Å². The molecule has 0 aromatic heterocycles. The fraction of sp³-hybridized carbons (Fsp3) is 0.562. The lowest BCUT2D eigenvalue weighted by atomic mass is 10.2. The lowest BCUT2D eigenvalue weighted by Gasteiger charge is -2.35. The summed E-state index contributed by atoms with van der Waals surface area (Å²) >= 11 is 0. The van der Waals surface area contributed by atoms with Crippen molar-refractivity contribution in [2.75, 3.05) is 39.8 Å². The predicted molar refractivity (Wildman–Crippen MR) is 82.8 cm³/mol. The van der Waals surface area contributed by atoms with E-state index in [1.165, 1.54) is 5.56 Å². The fourth-order valence-electron chi connectivity index (χ4n) is 2.58. The van der Waals surface area contributed by atoms with Crippen LogP contribution in [0.25, 0.3) is 0 Å². The molecule has 1 fully saturated rings. The molecule has 2 rings (SSSR count). The molecular formula is C16H25N3O2. The highest BCUT2D eigenvalue weighted by molar-refractivity contribution is 5.76. The van der Waals surface area contributed by atoms with Gasteiger partial charge in [0.1, 0.15) is 0 Å². The number of benzene rings is 1. The van der Waals surface area contributed by atoms with E-state index < -0.39 is 0 Å². The van der Waals surface area contributed by atoms with Crippen LogP contribution >= 0.6 is 0 Å². The molecule has 2 N–H and O–H groups in total. The number of ether oxygens (including phenoxy) is 1. The first-order chi connectivity index (χ1) is 10.2. The zero-order chi connectivity index (χ0) is 15.1. The van der Waals surface area contributed by atoms with Gasteiger partial charge < -0.3 is 15.4 Å². The second-order valence-electron chi connectivity index (χ2n) is 5.44. The lowest BCUT2D eigenvalue weighted by molar-refractivity contribution is -0.135. The average molecular weight is 291 g/mol. The van der Waals surface area contributed by atoms with Gasteiger partial charge in [-0.2, -0.15) is 0 Å². The van der Waals surface area contributed by atoms with E-state index in [0.717, 1.165) is 32.7 Å². The third-order valence-corrected chi connectivity index (χ3v) is 3.97. The van der Waals surface area contributed by atoms with E-state index in [0.29, 0.717) is 13.0 Å². The van der Waals surface area contributed by atoms with Gasteiger partial charge in [-0.3, -0.25) is 9.69 Å². The third-order valence-electron chi connectivity index (χ3n) is 3.97. The average Bonchev–Trinajstić information content (AvgIpc) is 2.54. The molecule has 1 aliphatic rings. The first kappa shape index (κ1) is 15.9. The highest BCUT2D eigenvalue weighted by Crippen LogP contribution is 2.10. The van der Waals surface area contributed by atoms with E-state index in [4.69, 9.17) is 10.5 Å². The van der Waals surface area contributed by atoms with Crippen LogP contribution in [-0.2, 0) is 16.1 Å². The van der Waals surface area contributed by atoms with Gasteiger partial charge in [-0.15, -0.1) is 0 Å². The van der Waals surface area contributed by atoms with Crippen LogP contribution < -0.4 is 5.73 Å². The van der Waals surface area contributed by atoms with Gasteiger partial charge in [-0.25, -0.2) is 0 Å². The Labute approximate surface area is 126 Å². The van der Waals surface area contributed by atoms with Crippen molar-refractivity contribution in [1.82, 2.24) is 9.80 Å². The van der Waals surface area contributed by atoms with Crippen molar-refractivity contribution in [1.29, 1.82) is 0 Å². The molecule has 116 valence electrons. The summed E-state index contributed by atoms with van der Waals surface area (Å²) in [6, 6.07) is 10.4. The van der Waals surface area contributed by atoms with Gasteiger partial charge in [-0.1, -0.05) is 30.3 Å². The second kappa shape index (κ2) is 8.12. The Hall–Kier alpha value is -1.43. The SMILES string of the molecule is COC(CN)CC(=O)N1CCN(Cc2ccccc2)CC1. The van der Waals surface area contributed by atoms with Gasteiger partial charge >= 0.3 is 0 Å². The van der Waals surface area contributed by atoms with Crippen LogP contribution in [0, 0.1) is 0 Å². The highest BCUT2D eigenvalue weighted by Gasteiger charge is 2.23. The Morgan fingerprint density at radius 1 is 1.24 bits per heavy atom. The Morgan fingerprint density at radius 2 is 1.90 bits per heavy atom. The predicted octanol–water partition coefficient (Wildman–Crippen LogP) is 0.695. The number of hydrogen-bond donors (Lipinski definition) is 1. The van der Waals surface area contributed by atoms with Crippen LogP contribution in [-0.4, -0.2) is 61.6 Å². The van der Waals surface area contributed by atoms with Crippen molar-refractivity contribution in [3.63, 3.8) is 0 Å². The number of methoxy groups -OCH3 is 1. The van der Waals surface area contributed by atoms with E-state index in [9.17, 15) is 4.79 Å². The number of nitrogens with zero attached hydrogens (tertiary/aromatic N) is 2. The maximum Gasteiger partial charge on any atom is 0.225 e. The summed E-state index contributed by atoms with van der Waals surface area (Å²) in [5.41, 5.74) is 6.88. The van der Waals surface area contributed by atoms with E-state index in [1.807, 2.05) is 11.0 Å². The van der Waals surface area contributed by atoms with Gasteiger partial charge in [0.25, 0.3) is 0 Å². The fourth-order valence-corrected chi connectivity index (χ4v) is 2.58. The molecule has 1 aliphatic heterocycles. The molecule has 21 heavy (non-hydrogen) atoms. The van der Waals surface area contributed by atoms with Crippen molar-refractivity contribution >= 4 is 5.91 Å². The van der Waals surface area contributed by atoms with Crippen molar-refractivity contribution in [2.24, 2.45) is 5.73 Å². The van der Waals surface area contributed by atoms with E-state index in [1.54, 1.807) is 7.11 Å². The largest absolute Gasteiger partial charge is 0.380 e. The molecular weight excluding hydrogens is 266 g/mol. The van der Waals surface area contributed by atoms with Gasteiger partial charge in [0.2, 0.25) is 5.91 Å². The van der Waals surface area contributed by atoms with Crippen LogP contribution in [0.1, 0.15) is 12.0 Å². The smallest absolute Gasteiger partial charge is 0.225 e. The van der Waals surface area contributed by atoms with Crippen molar-refractivity contribution in [2.45, 2.75) is 19.1 Å². The lowest BCUT2D eigenvalue weighted by Crippen LogP contribution is -2.49. The molecule has 0 bridgehead atoms. The van der Waals surface area contributed by atoms with Gasteiger partial charge in [0.05, 0.1) is 12.5 Å². The second-order valence-corrected chi connectivity index (χ2v) is 5.44. The molecule has 1 atom stereocenters. The zero-order valence-corrected chi connectivity index (χ0v) is 12.7. The number of nitrogens with two attached hydrogens (primary N) is 1. The molecule has 1 aromatic carbocycles. The summed E-state index contributed by atoms with van der Waals surface area (Å²) in [7, 11) is 1.60. The summed E-state index contributed by atoms with van der Waals surface area (Å²) in [6.45, 7) is 4.74. The van der Waals surface area contributed by atoms with Gasteiger partial charge in [0, 0.05) is 46.4 Å². The highest BCUT2D eigenvalue weighted by atomic mass is 16.5. The minimum atomic E-state index is -0.167. The Morgan fingerprint density at radius 3 is 2.48 bits per heavy atom. The Bertz CT molecular complexity index is 426. The molecule has 5 nitrogen and oxygen atoms in total. The standard InChI is InChI=1S/C16H25N3O2/c1-21-15(12-17)11-16(20)19-9-7-18(8-10-19)13-14-5-3-2-4-6-14/h2-6,15H,7-13,17H2,1H3. The number of carbonyl (C=O) groups is 1. The molecule has 1 aromatic rings.